The number of carbonyl (C=O) groups is 1. The predicted octanol–water partition coefficient (Wildman–Crippen LogP) is 1.87. The largest absolute Gasteiger partial charge is 0.325 e. The van der Waals surface area contributed by atoms with Gasteiger partial charge in [-0.05, 0) is 70.0 Å². The molecule has 2 heterocycles. The summed E-state index contributed by atoms with van der Waals surface area (Å²) in [4.78, 5) is 15.2. The molecule has 2 N–H and O–H groups in total. The molecule has 3 rings (SSSR count). The quantitative estimate of drug-likeness (QED) is 0.686. The topological polar surface area (TPSA) is 81.8 Å². The molecule has 1 aromatic rings. The molecule has 8 heteroatoms. The zero-order chi connectivity index (χ0) is 20.1. The van der Waals surface area contributed by atoms with E-state index in [1.54, 1.807) is 24.3 Å². The number of nitrogens with one attached hydrogen (secondary N) is 2. The standard InChI is InChI=1S/C20H32N4O3S/c1-3-23-12-6-7-18(23)15-21-16(2)20(25)22-17-8-10-19(11-9-17)28(26,27)24-13-4-5-14-24/h8-11,16,18,21H,3-7,12-15H2,1-2H3,(H,22,25)/t16-,18+/m0/s1. The fourth-order valence-corrected chi connectivity index (χ4v) is 5.50. The fraction of sp³-hybridized carbons (Fsp3) is 0.650. The van der Waals surface area contributed by atoms with E-state index in [1.165, 1.54) is 17.1 Å². The van der Waals surface area contributed by atoms with E-state index in [-0.39, 0.29) is 16.8 Å². The number of nitrogens with zero attached hydrogens (tertiary/aromatic N) is 2. The maximum atomic E-state index is 12.6. The Bertz CT molecular complexity index is 760. The summed E-state index contributed by atoms with van der Waals surface area (Å²) in [6.45, 7) is 8.17. The summed E-state index contributed by atoms with van der Waals surface area (Å²) < 4.78 is 26.6. The van der Waals surface area contributed by atoms with E-state index >= 15 is 0 Å². The average molecular weight is 409 g/mol. The molecule has 2 atom stereocenters. The van der Waals surface area contributed by atoms with Crippen molar-refractivity contribution in [1.29, 1.82) is 0 Å². The van der Waals surface area contributed by atoms with Crippen LogP contribution in [0.15, 0.2) is 29.2 Å². The van der Waals surface area contributed by atoms with Crippen molar-refractivity contribution in [2.24, 2.45) is 0 Å². The predicted molar refractivity (Wildman–Crippen MR) is 111 cm³/mol. The van der Waals surface area contributed by atoms with Crippen molar-refractivity contribution >= 4 is 21.6 Å². The van der Waals surface area contributed by atoms with Gasteiger partial charge in [0.2, 0.25) is 15.9 Å². The molecule has 1 amide bonds. The number of likely N-dealkylation sites (tertiary alicyclic amines) is 1. The third-order valence-electron chi connectivity index (χ3n) is 5.78. The average Bonchev–Trinajstić information content (AvgIpc) is 3.38. The highest BCUT2D eigenvalue weighted by atomic mass is 32.2. The van der Waals surface area contributed by atoms with E-state index in [4.69, 9.17) is 0 Å². The Hall–Kier alpha value is -1.48. The van der Waals surface area contributed by atoms with Crippen LogP contribution in [0.2, 0.25) is 0 Å². The van der Waals surface area contributed by atoms with E-state index in [9.17, 15) is 13.2 Å². The molecule has 2 saturated heterocycles. The number of anilines is 1. The summed E-state index contributed by atoms with van der Waals surface area (Å²) in [6, 6.07) is 6.63. The second-order valence-corrected chi connectivity index (χ2v) is 9.62. The molecule has 0 unspecified atom stereocenters. The first kappa shape index (κ1) is 21.2. The van der Waals surface area contributed by atoms with Crippen LogP contribution in [0.5, 0.6) is 0 Å². The van der Waals surface area contributed by atoms with Crippen molar-refractivity contribution in [3.8, 4) is 0 Å². The minimum atomic E-state index is -3.42. The Morgan fingerprint density at radius 3 is 2.46 bits per heavy atom. The van der Waals surface area contributed by atoms with Gasteiger partial charge in [0.1, 0.15) is 0 Å². The van der Waals surface area contributed by atoms with Crippen molar-refractivity contribution in [2.45, 2.75) is 56.5 Å². The lowest BCUT2D eigenvalue weighted by atomic mass is 10.2. The number of hydrogen-bond acceptors (Lipinski definition) is 5. The summed E-state index contributed by atoms with van der Waals surface area (Å²) in [6.07, 6.45) is 4.21. The summed E-state index contributed by atoms with van der Waals surface area (Å²) >= 11 is 0. The van der Waals surface area contributed by atoms with Crippen LogP contribution in [-0.2, 0) is 14.8 Å². The molecule has 7 nitrogen and oxygen atoms in total. The third-order valence-corrected chi connectivity index (χ3v) is 7.70. The van der Waals surface area contributed by atoms with Gasteiger partial charge in [-0.25, -0.2) is 8.42 Å². The zero-order valence-corrected chi connectivity index (χ0v) is 17.7. The van der Waals surface area contributed by atoms with Crippen molar-refractivity contribution in [3.05, 3.63) is 24.3 Å². The normalized spacial score (nSPS) is 22.4. The van der Waals surface area contributed by atoms with Gasteiger partial charge in [-0.3, -0.25) is 9.69 Å². The second kappa shape index (κ2) is 9.35. The highest BCUT2D eigenvalue weighted by molar-refractivity contribution is 7.89. The van der Waals surface area contributed by atoms with Gasteiger partial charge in [0.15, 0.2) is 0 Å². The van der Waals surface area contributed by atoms with Crippen LogP contribution >= 0.6 is 0 Å². The minimum Gasteiger partial charge on any atom is -0.325 e. The maximum absolute atomic E-state index is 12.6. The smallest absolute Gasteiger partial charge is 0.243 e. The summed E-state index contributed by atoms with van der Waals surface area (Å²) in [5.41, 5.74) is 0.607. The molecule has 0 spiro atoms. The Labute approximate surface area is 168 Å². The van der Waals surface area contributed by atoms with Gasteiger partial charge < -0.3 is 10.6 Å². The molecule has 1 aromatic carbocycles. The highest BCUT2D eigenvalue weighted by Crippen LogP contribution is 2.22. The van der Waals surface area contributed by atoms with E-state index < -0.39 is 10.0 Å². The molecule has 2 fully saturated rings. The van der Waals surface area contributed by atoms with Crippen LogP contribution in [0.3, 0.4) is 0 Å². The van der Waals surface area contributed by atoms with Crippen molar-refractivity contribution in [1.82, 2.24) is 14.5 Å². The van der Waals surface area contributed by atoms with Gasteiger partial charge in [-0.2, -0.15) is 4.31 Å². The molecule has 0 radical (unpaired) electrons. The van der Waals surface area contributed by atoms with Crippen molar-refractivity contribution < 1.29 is 13.2 Å². The third kappa shape index (κ3) is 4.92. The summed E-state index contributed by atoms with van der Waals surface area (Å²) in [5.74, 6) is -0.115. The molecular weight excluding hydrogens is 376 g/mol. The van der Waals surface area contributed by atoms with Crippen LogP contribution in [0, 0.1) is 0 Å². The van der Waals surface area contributed by atoms with Crippen LogP contribution in [-0.4, -0.2) is 68.3 Å². The Kier molecular flexibility index (Phi) is 7.09. The number of amides is 1. The molecule has 2 aliphatic heterocycles. The Balaban J connectivity index is 1.52. The summed E-state index contributed by atoms with van der Waals surface area (Å²) in [5, 5.41) is 6.19. The second-order valence-electron chi connectivity index (χ2n) is 7.68. The van der Waals surface area contributed by atoms with Crippen LogP contribution < -0.4 is 10.6 Å². The van der Waals surface area contributed by atoms with Gasteiger partial charge in [0.05, 0.1) is 10.9 Å². The molecule has 156 valence electrons. The fourth-order valence-electron chi connectivity index (χ4n) is 3.99. The number of benzene rings is 1. The first-order valence-electron chi connectivity index (χ1n) is 10.3. The Morgan fingerprint density at radius 2 is 1.82 bits per heavy atom. The molecule has 2 aliphatic rings. The van der Waals surface area contributed by atoms with Crippen LogP contribution in [0.4, 0.5) is 5.69 Å². The SMILES string of the molecule is CCN1CCC[C@@H]1CN[C@@H](C)C(=O)Nc1ccc(S(=O)(=O)N2CCCC2)cc1. The van der Waals surface area contributed by atoms with Gasteiger partial charge in [-0.15, -0.1) is 0 Å². The lowest BCUT2D eigenvalue weighted by molar-refractivity contribution is -0.117. The lowest BCUT2D eigenvalue weighted by Gasteiger charge is -2.24. The maximum Gasteiger partial charge on any atom is 0.243 e. The van der Waals surface area contributed by atoms with E-state index in [0.717, 1.165) is 32.5 Å². The number of hydrogen-bond donors (Lipinski definition) is 2. The number of carbonyl (C=O) groups excluding carboxylic acids is 1. The first-order valence-corrected chi connectivity index (χ1v) is 11.7. The van der Waals surface area contributed by atoms with Crippen molar-refractivity contribution in [3.63, 3.8) is 0 Å². The first-order chi connectivity index (χ1) is 13.4. The molecule has 0 bridgehead atoms. The minimum absolute atomic E-state index is 0.115. The number of rotatable bonds is 8. The molecule has 0 aliphatic carbocycles. The molecule has 28 heavy (non-hydrogen) atoms. The Morgan fingerprint density at radius 1 is 1.14 bits per heavy atom. The van der Waals surface area contributed by atoms with Gasteiger partial charge in [-0.1, -0.05) is 6.92 Å². The van der Waals surface area contributed by atoms with Crippen LogP contribution in [0.1, 0.15) is 39.5 Å². The molecular formula is C20H32N4O3S. The molecule has 0 saturated carbocycles. The van der Waals surface area contributed by atoms with E-state index in [1.807, 2.05) is 6.92 Å². The number of sulfonamides is 1. The number of likely N-dealkylation sites (N-methyl/N-ethyl adjacent to an activating group) is 1. The highest BCUT2D eigenvalue weighted by Gasteiger charge is 2.27. The summed E-state index contributed by atoms with van der Waals surface area (Å²) in [7, 11) is -3.42. The van der Waals surface area contributed by atoms with E-state index in [0.29, 0.717) is 24.8 Å². The zero-order valence-electron chi connectivity index (χ0n) is 16.9. The van der Waals surface area contributed by atoms with Gasteiger partial charge in [0, 0.05) is 31.4 Å². The molecule has 0 aromatic heterocycles. The van der Waals surface area contributed by atoms with Crippen molar-refractivity contribution in [2.75, 3.05) is 38.0 Å². The van der Waals surface area contributed by atoms with Gasteiger partial charge >= 0.3 is 0 Å². The lowest BCUT2D eigenvalue weighted by Crippen LogP contribution is -2.45. The van der Waals surface area contributed by atoms with Gasteiger partial charge in [0.25, 0.3) is 0 Å². The van der Waals surface area contributed by atoms with Crippen LogP contribution in [0.25, 0.3) is 0 Å². The monoisotopic (exact) mass is 408 g/mol. The van der Waals surface area contributed by atoms with E-state index in [2.05, 4.69) is 22.5 Å².